The van der Waals surface area contributed by atoms with Gasteiger partial charge in [-0.15, -0.1) is 0 Å². The molecule has 0 saturated carbocycles. The van der Waals surface area contributed by atoms with E-state index in [1.54, 1.807) is 0 Å². The molecule has 0 aliphatic carbocycles. The Morgan fingerprint density at radius 2 is 1.92 bits per heavy atom. The molecule has 0 fully saturated rings. The molecule has 1 aromatic carbocycles. The molecular formula is C30H40N6O2. The second-order valence-electron chi connectivity index (χ2n) is 8.39. The maximum atomic E-state index is 11.9. The summed E-state index contributed by atoms with van der Waals surface area (Å²) in [5.41, 5.74) is 11.5. The zero-order chi connectivity index (χ0) is 27.7. The molecule has 0 radical (unpaired) electrons. The second-order valence-corrected chi connectivity index (χ2v) is 8.39. The van der Waals surface area contributed by atoms with Gasteiger partial charge in [-0.25, -0.2) is 9.97 Å². The van der Waals surface area contributed by atoms with Crippen LogP contribution in [-0.2, 0) is 13.0 Å². The van der Waals surface area contributed by atoms with Gasteiger partial charge in [-0.1, -0.05) is 33.8 Å². The fourth-order valence-corrected chi connectivity index (χ4v) is 4.58. The lowest BCUT2D eigenvalue weighted by atomic mass is 10.1. The summed E-state index contributed by atoms with van der Waals surface area (Å²) in [7, 11) is 0. The molecule has 0 unspecified atom stereocenters. The van der Waals surface area contributed by atoms with Gasteiger partial charge >= 0.3 is 0 Å². The Labute approximate surface area is 226 Å². The highest BCUT2D eigenvalue weighted by Crippen LogP contribution is 2.35. The summed E-state index contributed by atoms with van der Waals surface area (Å²) >= 11 is 0. The number of nitrogens with one attached hydrogen (secondary N) is 1. The highest BCUT2D eigenvalue weighted by molar-refractivity contribution is 5.99. The van der Waals surface area contributed by atoms with Crippen LogP contribution in [0, 0.1) is 6.92 Å². The molecule has 2 aliphatic rings. The lowest BCUT2D eigenvalue weighted by molar-refractivity contribution is 0.0965. The van der Waals surface area contributed by atoms with E-state index in [9.17, 15) is 4.79 Å². The SMILES string of the molecule is CC.CC.CCN1C/C(=C\C=C/N)n2c(C)cnc2-c2cc(CCOc3cccc4c3CNC4=O)cnc21. The number of hydrogen-bond donors (Lipinski definition) is 2. The van der Waals surface area contributed by atoms with E-state index in [-0.39, 0.29) is 5.91 Å². The molecule has 5 rings (SSSR count). The molecule has 8 heteroatoms. The topological polar surface area (TPSA) is 98.3 Å². The van der Waals surface area contributed by atoms with Crippen LogP contribution >= 0.6 is 0 Å². The number of likely N-dealkylation sites (N-methyl/N-ethyl adjacent to an activating group) is 1. The Kier molecular flexibility index (Phi) is 10.1. The lowest BCUT2D eigenvalue weighted by Crippen LogP contribution is -2.26. The summed E-state index contributed by atoms with van der Waals surface area (Å²) in [6, 6.07) is 7.76. The number of aryl methyl sites for hydroxylation is 1. The summed E-state index contributed by atoms with van der Waals surface area (Å²) in [4.78, 5) is 23.7. The fraction of sp³-hybridized carbons (Fsp3) is 0.367. The summed E-state index contributed by atoms with van der Waals surface area (Å²) in [6.45, 7) is 14.7. The number of nitrogens with zero attached hydrogens (tertiary/aromatic N) is 4. The number of nitrogens with two attached hydrogens (primary N) is 1. The highest BCUT2D eigenvalue weighted by Gasteiger charge is 2.26. The number of aromatic nitrogens is 3. The maximum Gasteiger partial charge on any atom is 0.252 e. The minimum absolute atomic E-state index is 0.0444. The molecule has 0 atom stereocenters. The minimum Gasteiger partial charge on any atom is -0.493 e. The number of benzene rings is 1. The van der Waals surface area contributed by atoms with Gasteiger partial charge in [-0.05, 0) is 56.0 Å². The summed E-state index contributed by atoms with van der Waals surface area (Å²) in [5, 5.41) is 2.85. The maximum absolute atomic E-state index is 11.9. The van der Waals surface area contributed by atoms with E-state index >= 15 is 0 Å². The van der Waals surface area contributed by atoms with Crippen molar-refractivity contribution in [3.05, 3.63) is 77.4 Å². The lowest BCUT2D eigenvalue weighted by Gasteiger charge is -2.22. The number of allylic oxidation sites excluding steroid dienone is 2. The first-order valence-electron chi connectivity index (χ1n) is 13.5. The molecule has 0 bridgehead atoms. The van der Waals surface area contributed by atoms with Crippen LogP contribution < -0.4 is 20.7 Å². The van der Waals surface area contributed by atoms with Gasteiger partial charge in [0.2, 0.25) is 0 Å². The molecule has 4 heterocycles. The number of fused-ring (bicyclic) bond motifs is 4. The molecule has 3 aromatic rings. The van der Waals surface area contributed by atoms with Crippen molar-refractivity contribution in [1.82, 2.24) is 19.9 Å². The van der Waals surface area contributed by atoms with Gasteiger partial charge in [0.1, 0.15) is 17.4 Å². The number of ether oxygens (including phenoxy) is 1. The van der Waals surface area contributed by atoms with Crippen LogP contribution in [0.2, 0.25) is 0 Å². The predicted octanol–water partition coefficient (Wildman–Crippen LogP) is 5.32. The van der Waals surface area contributed by atoms with Crippen LogP contribution in [0.4, 0.5) is 5.82 Å². The molecule has 3 N–H and O–H groups in total. The predicted molar refractivity (Wildman–Crippen MR) is 155 cm³/mol. The van der Waals surface area contributed by atoms with Crippen molar-refractivity contribution in [3.63, 3.8) is 0 Å². The standard InChI is InChI=1S/C26H28N6O2.2C2H6/c1-3-31-16-19(6-5-10-27)32-17(2)13-28-25(32)21-12-18(14-29-24(21)31)9-11-34-23-8-4-7-20-22(23)15-30-26(20)33;2*1-2/h4-8,10,12-14H,3,9,11,15-16,27H2,1-2H3,(H,30,33);2*1-2H3/b10-5-,19-6+;;. The normalized spacial score (nSPS) is 14.4. The fourth-order valence-electron chi connectivity index (χ4n) is 4.58. The molecule has 0 spiro atoms. The number of carbonyl (C=O) groups excluding carboxylic acids is 1. The van der Waals surface area contributed by atoms with Gasteiger partial charge in [0, 0.05) is 54.4 Å². The first-order chi connectivity index (χ1) is 18.6. The van der Waals surface area contributed by atoms with E-state index in [4.69, 9.17) is 20.4 Å². The molecule has 2 aliphatic heterocycles. The average molecular weight is 517 g/mol. The number of rotatable bonds is 6. The molecule has 2 aromatic heterocycles. The van der Waals surface area contributed by atoms with E-state index in [0.717, 1.165) is 52.0 Å². The Hall–Kier alpha value is -4.07. The average Bonchev–Trinajstić information content (AvgIpc) is 3.50. The first-order valence-corrected chi connectivity index (χ1v) is 13.5. The monoisotopic (exact) mass is 516 g/mol. The van der Waals surface area contributed by atoms with Crippen molar-refractivity contribution < 1.29 is 9.53 Å². The van der Waals surface area contributed by atoms with E-state index < -0.39 is 0 Å². The highest BCUT2D eigenvalue weighted by atomic mass is 16.5. The van der Waals surface area contributed by atoms with Crippen LogP contribution in [0.3, 0.4) is 0 Å². The van der Waals surface area contributed by atoms with Gasteiger partial charge in [-0.3, -0.25) is 9.36 Å². The van der Waals surface area contributed by atoms with Crippen LogP contribution in [-0.4, -0.2) is 40.1 Å². The van der Waals surface area contributed by atoms with E-state index in [1.165, 1.54) is 6.20 Å². The van der Waals surface area contributed by atoms with Crippen molar-refractivity contribution in [3.8, 4) is 17.1 Å². The molecule has 8 nitrogen and oxygen atoms in total. The molecule has 202 valence electrons. The van der Waals surface area contributed by atoms with Gasteiger partial charge in [0.15, 0.2) is 0 Å². The van der Waals surface area contributed by atoms with Gasteiger partial charge in [-0.2, -0.15) is 0 Å². The van der Waals surface area contributed by atoms with Crippen molar-refractivity contribution >= 4 is 17.4 Å². The minimum atomic E-state index is -0.0444. The van der Waals surface area contributed by atoms with Gasteiger partial charge in [0.05, 0.1) is 18.7 Å². The number of anilines is 1. The van der Waals surface area contributed by atoms with Crippen molar-refractivity contribution in [2.45, 2.75) is 54.5 Å². The Balaban J connectivity index is 0.000000956. The van der Waals surface area contributed by atoms with Gasteiger partial charge < -0.3 is 20.7 Å². The molecule has 38 heavy (non-hydrogen) atoms. The Bertz CT molecular complexity index is 1310. The van der Waals surface area contributed by atoms with Crippen LogP contribution in [0.5, 0.6) is 5.75 Å². The summed E-state index contributed by atoms with van der Waals surface area (Å²) in [6.07, 6.45) is 9.91. The van der Waals surface area contributed by atoms with E-state index in [1.807, 2.05) is 70.4 Å². The van der Waals surface area contributed by atoms with Gasteiger partial charge in [0.25, 0.3) is 5.91 Å². The third kappa shape index (κ3) is 5.74. The Morgan fingerprint density at radius 3 is 2.66 bits per heavy atom. The van der Waals surface area contributed by atoms with Crippen molar-refractivity contribution in [1.29, 1.82) is 0 Å². The number of amides is 1. The van der Waals surface area contributed by atoms with Crippen LogP contribution in [0.25, 0.3) is 17.1 Å². The quantitative estimate of drug-likeness (QED) is 0.460. The first kappa shape index (κ1) is 28.5. The van der Waals surface area contributed by atoms with Crippen molar-refractivity contribution in [2.75, 3.05) is 24.6 Å². The smallest absolute Gasteiger partial charge is 0.252 e. The number of hydrogen-bond acceptors (Lipinski definition) is 6. The zero-order valence-electron chi connectivity index (χ0n) is 23.4. The van der Waals surface area contributed by atoms with Crippen LogP contribution in [0.15, 0.2) is 55.0 Å². The van der Waals surface area contributed by atoms with Crippen LogP contribution in [0.1, 0.15) is 61.8 Å². The largest absolute Gasteiger partial charge is 0.493 e. The number of carbonyl (C=O) groups is 1. The number of imidazole rings is 1. The Morgan fingerprint density at radius 1 is 1.13 bits per heavy atom. The van der Waals surface area contributed by atoms with E-state index in [0.29, 0.717) is 31.7 Å². The van der Waals surface area contributed by atoms with E-state index in [2.05, 4.69) is 34.7 Å². The summed E-state index contributed by atoms with van der Waals surface area (Å²) < 4.78 is 8.24. The third-order valence-corrected chi connectivity index (χ3v) is 6.28. The van der Waals surface area contributed by atoms with Crippen molar-refractivity contribution in [2.24, 2.45) is 5.73 Å². The zero-order valence-corrected chi connectivity index (χ0v) is 23.4. The second kappa shape index (κ2) is 13.5. The third-order valence-electron chi connectivity index (χ3n) is 6.28. The number of pyridine rings is 1. The molecule has 1 amide bonds. The molecule has 0 saturated heterocycles. The summed E-state index contributed by atoms with van der Waals surface area (Å²) in [5.74, 6) is 2.51. The molecular weight excluding hydrogens is 476 g/mol.